The second-order valence-electron chi connectivity index (χ2n) is 6.90. The first-order valence-electron chi connectivity index (χ1n) is 9.81. The normalized spacial score (nSPS) is 13.0. The molecule has 9 heteroatoms. The van der Waals surface area contributed by atoms with Crippen molar-refractivity contribution in [3.63, 3.8) is 0 Å². The van der Waals surface area contributed by atoms with Crippen molar-refractivity contribution in [1.29, 1.82) is 0 Å². The average molecular weight is 412 g/mol. The molecule has 2 aromatic rings. The van der Waals surface area contributed by atoms with Gasteiger partial charge in [0.1, 0.15) is 11.4 Å². The second kappa shape index (κ2) is 10.2. The molecular formula is C21H24N4O5. The number of likely N-dealkylation sites (tertiary alicyclic amines) is 1. The Morgan fingerprint density at radius 1 is 1.10 bits per heavy atom. The van der Waals surface area contributed by atoms with E-state index >= 15 is 0 Å². The SMILES string of the molecule is O=C(CCNc1ccccc1[N+](=O)[O-])Nc1cccc(OCC(=O)N2CCCC2)c1. The molecule has 0 saturated carbocycles. The van der Waals surface area contributed by atoms with Crippen LogP contribution in [0.4, 0.5) is 17.1 Å². The Kier molecular flexibility index (Phi) is 7.20. The third kappa shape index (κ3) is 5.94. The van der Waals surface area contributed by atoms with E-state index in [0.717, 1.165) is 25.9 Å². The molecule has 1 saturated heterocycles. The minimum atomic E-state index is -0.470. The zero-order valence-electron chi connectivity index (χ0n) is 16.5. The first kappa shape index (κ1) is 21.1. The standard InChI is InChI=1S/C21H24N4O5/c26-20(10-11-22-18-8-1-2-9-19(18)25(28)29)23-16-6-5-7-17(14-16)30-15-21(27)24-12-3-4-13-24/h1-2,5-9,14,22H,3-4,10-13,15H2,(H,23,26). The Balaban J connectivity index is 1.45. The van der Waals surface area contributed by atoms with Crippen LogP contribution in [0.15, 0.2) is 48.5 Å². The molecule has 0 bridgehead atoms. The molecule has 2 amide bonds. The van der Waals surface area contributed by atoms with Crippen molar-refractivity contribution >= 4 is 28.9 Å². The maximum atomic E-state index is 12.2. The van der Waals surface area contributed by atoms with Gasteiger partial charge in [0.05, 0.1) is 4.92 Å². The lowest BCUT2D eigenvalue weighted by molar-refractivity contribution is -0.384. The summed E-state index contributed by atoms with van der Waals surface area (Å²) in [5.74, 6) is 0.216. The molecular weight excluding hydrogens is 388 g/mol. The highest BCUT2D eigenvalue weighted by atomic mass is 16.6. The van der Waals surface area contributed by atoms with E-state index in [1.165, 1.54) is 6.07 Å². The largest absolute Gasteiger partial charge is 0.484 e. The maximum absolute atomic E-state index is 12.2. The van der Waals surface area contributed by atoms with Crippen LogP contribution in [-0.4, -0.2) is 47.9 Å². The van der Waals surface area contributed by atoms with E-state index in [4.69, 9.17) is 4.74 Å². The highest BCUT2D eigenvalue weighted by Gasteiger charge is 2.18. The summed E-state index contributed by atoms with van der Waals surface area (Å²) < 4.78 is 5.56. The number of benzene rings is 2. The van der Waals surface area contributed by atoms with E-state index in [2.05, 4.69) is 10.6 Å². The zero-order chi connectivity index (χ0) is 21.3. The van der Waals surface area contributed by atoms with Crippen LogP contribution in [0.2, 0.25) is 0 Å². The van der Waals surface area contributed by atoms with Gasteiger partial charge in [-0.15, -0.1) is 0 Å². The third-order valence-electron chi connectivity index (χ3n) is 4.71. The number of carbonyl (C=O) groups is 2. The Bertz CT molecular complexity index is 912. The Morgan fingerprint density at radius 2 is 1.87 bits per heavy atom. The summed E-state index contributed by atoms with van der Waals surface area (Å²) in [4.78, 5) is 36.6. The van der Waals surface area contributed by atoms with Gasteiger partial charge in [-0.25, -0.2) is 0 Å². The molecule has 0 spiro atoms. The van der Waals surface area contributed by atoms with Gasteiger partial charge in [0, 0.05) is 43.9 Å². The molecule has 0 aliphatic carbocycles. The highest BCUT2D eigenvalue weighted by molar-refractivity contribution is 5.91. The van der Waals surface area contributed by atoms with Crippen molar-refractivity contribution in [2.24, 2.45) is 0 Å². The van der Waals surface area contributed by atoms with Gasteiger partial charge in [0.2, 0.25) is 5.91 Å². The monoisotopic (exact) mass is 412 g/mol. The van der Waals surface area contributed by atoms with Gasteiger partial charge in [-0.3, -0.25) is 19.7 Å². The van der Waals surface area contributed by atoms with Crippen molar-refractivity contribution in [2.75, 3.05) is 36.9 Å². The number of carbonyl (C=O) groups excluding carboxylic acids is 2. The number of nitrogens with zero attached hydrogens (tertiary/aromatic N) is 2. The molecule has 1 aliphatic heterocycles. The van der Waals surface area contributed by atoms with Gasteiger partial charge >= 0.3 is 0 Å². The van der Waals surface area contributed by atoms with E-state index in [9.17, 15) is 19.7 Å². The molecule has 9 nitrogen and oxygen atoms in total. The van der Waals surface area contributed by atoms with Crippen LogP contribution in [0.5, 0.6) is 5.75 Å². The molecule has 1 fully saturated rings. The van der Waals surface area contributed by atoms with Crippen LogP contribution in [0, 0.1) is 10.1 Å². The second-order valence-corrected chi connectivity index (χ2v) is 6.90. The number of nitro benzene ring substituents is 1. The van der Waals surface area contributed by atoms with Crippen molar-refractivity contribution in [1.82, 2.24) is 4.90 Å². The highest BCUT2D eigenvalue weighted by Crippen LogP contribution is 2.23. The summed E-state index contributed by atoms with van der Waals surface area (Å²) in [6.07, 6.45) is 2.18. The Hall–Kier alpha value is -3.62. The van der Waals surface area contributed by atoms with E-state index < -0.39 is 4.92 Å². The third-order valence-corrected chi connectivity index (χ3v) is 4.71. The summed E-state index contributed by atoms with van der Waals surface area (Å²) in [6.45, 7) is 1.77. The van der Waals surface area contributed by atoms with Gasteiger partial charge < -0.3 is 20.3 Å². The molecule has 1 aliphatic rings. The number of hydrogen-bond acceptors (Lipinski definition) is 6. The lowest BCUT2D eigenvalue weighted by Crippen LogP contribution is -2.32. The van der Waals surface area contributed by atoms with E-state index in [1.54, 1.807) is 47.4 Å². The molecule has 2 N–H and O–H groups in total. The molecule has 0 radical (unpaired) electrons. The fraction of sp³-hybridized carbons (Fsp3) is 0.333. The summed E-state index contributed by atoms with van der Waals surface area (Å²) >= 11 is 0. The minimum absolute atomic E-state index is 0.0306. The number of ether oxygens (including phenoxy) is 1. The van der Waals surface area contributed by atoms with Crippen LogP contribution >= 0.6 is 0 Å². The molecule has 2 aromatic carbocycles. The van der Waals surface area contributed by atoms with Crippen molar-refractivity contribution in [3.8, 4) is 5.75 Å². The van der Waals surface area contributed by atoms with Crippen LogP contribution < -0.4 is 15.4 Å². The number of rotatable bonds is 9. The van der Waals surface area contributed by atoms with Gasteiger partial charge in [-0.2, -0.15) is 0 Å². The number of hydrogen-bond donors (Lipinski definition) is 2. The lowest BCUT2D eigenvalue weighted by atomic mass is 10.2. The first-order chi connectivity index (χ1) is 14.5. The van der Waals surface area contributed by atoms with E-state index in [-0.39, 0.29) is 37.1 Å². The van der Waals surface area contributed by atoms with Crippen LogP contribution in [0.25, 0.3) is 0 Å². The Morgan fingerprint density at radius 3 is 2.63 bits per heavy atom. The van der Waals surface area contributed by atoms with Crippen LogP contribution in [0.3, 0.4) is 0 Å². The molecule has 0 aromatic heterocycles. The van der Waals surface area contributed by atoms with Gasteiger partial charge in [0.15, 0.2) is 6.61 Å². The number of amides is 2. The zero-order valence-corrected chi connectivity index (χ0v) is 16.5. The van der Waals surface area contributed by atoms with Gasteiger partial charge in [-0.1, -0.05) is 18.2 Å². The quantitative estimate of drug-likeness (QED) is 0.483. The summed E-state index contributed by atoms with van der Waals surface area (Å²) in [5, 5.41) is 16.7. The van der Waals surface area contributed by atoms with Crippen LogP contribution in [0.1, 0.15) is 19.3 Å². The minimum Gasteiger partial charge on any atom is -0.484 e. The first-order valence-corrected chi connectivity index (χ1v) is 9.81. The fourth-order valence-electron chi connectivity index (χ4n) is 3.18. The lowest BCUT2D eigenvalue weighted by Gasteiger charge is -2.15. The fourth-order valence-corrected chi connectivity index (χ4v) is 3.18. The predicted molar refractivity (Wildman–Crippen MR) is 113 cm³/mol. The molecule has 158 valence electrons. The summed E-state index contributed by atoms with van der Waals surface area (Å²) in [6, 6.07) is 13.1. The van der Waals surface area contributed by atoms with Crippen LogP contribution in [-0.2, 0) is 9.59 Å². The number of para-hydroxylation sites is 2. The van der Waals surface area contributed by atoms with Crippen molar-refractivity contribution < 1.29 is 19.2 Å². The molecule has 0 atom stereocenters. The Labute approximate surface area is 174 Å². The number of anilines is 2. The topological polar surface area (TPSA) is 114 Å². The molecule has 3 rings (SSSR count). The summed E-state index contributed by atoms with van der Waals surface area (Å²) in [5.41, 5.74) is 0.886. The van der Waals surface area contributed by atoms with E-state index in [1.807, 2.05) is 0 Å². The van der Waals surface area contributed by atoms with Gasteiger partial charge in [0.25, 0.3) is 11.6 Å². The van der Waals surface area contributed by atoms with E-state index in [0.29, 0.717) is 17.1 Å². The van der Waals surface area contributed by atoms with Crippen molar-refractivity contribution in [3.05, 3.63) is 58.6 Å². The molecule has 0 unspecified atom stereocenters. The molecule has 30 heavy (non-hydrogen) atoms. The molecule has 1 heterocycles. The summed E-state index contributed by atoms with van der Waals surface area (Å²) in [7, 11) is 0. The smallest absolute Gasteiger partial charge is 0.292 e. The number of nitrogens with one attached hydrogen (secondary N) is 2. The van der Waals surface area contributed by atoms with Gasteiger partial charge in [-0.05, 0) is 31.0 Å². The predicted octanol–water partition coefficient (Wildman–Crippen LogP) is 3.04. The van der Waals surface area contributed by atoms with Crippen molar-refractivity contribution in [2.45, 2.75) is 19.3 Å². The maximum Gasteiger partial charge on any atom is 0.292 e. The average Bonchev–Trinajstić information content (AvgIpc) is 3.27. The number of nitro groups is 1.